The zero-order valence-corrected chi connectivity index (χ0v) is 79.8. The number of hydrogen-bond acceptors (Lipinski definition) is 28. The van der Waals surface area contributed by atoms with Crippen molar-refractivity contribution in [1.82, 2.24) is 29.9 Å². The minimum absolute atomic E-state index is 0.00360. The van der Waals surface area contributed by atoms with Crippen LogP contribution in [0.1, 0.15) is 154 Å². The fraction of sp³-hybridized carbons (Fsp3) is 0.511. The van der Waals surface area contributed by atoms with Gasteiger partial charge in [-0.15, -0.1) is 23.5 Å². The lowest BCUT2D eigenvalue weighted by molar-refractivity contribution is -0.134. The SMILES string of the molecule is C=C1CC2CN3C(=O)OCc4ccc(cc4)NC(=O)C(CCCCCC(=O)COCCOC)NC(=O)C(C)CC(=O)C4NS(=O)(=O)CCSCSCCS(=O)(=O)NC4C(=O)CC(C)C(=O)NC(CCCCCC(=O)COCCOC)C(=O)Nc4ccc(cc4)COC(=O)N4c5cc(c(OC)cc5C(=O)N5CC(=C)CC5C4C)OCc4cccc(c4)COc4cc3c(cc4OC)C(=O)N2C1. The Labute approximate surface area is 789 Å². The van der Waals surface area contributed by atoms with Crippen LogP contribution in [-0.2, 0) is 113 Å². The van der Waals surface area contributed by atoms with Crippen LogP contribution >= 0.6 is 23.5 Å². The molecule has 9 heterocycles. The number of methoxy groups -OCH3 is 4. The van der Waals surface area contributed by atoms with E-state index in [9.17, 15) is 64.8 Å². The molecule has 14 rings (SSSR count). The number of rotatable bonds is 24. The minimum Gasteiger partial charge on any atom is -0.493 e. The van der Waals surface area contributed by atoms with Crippen LogP contribution in [0.4, 0.5) is 32.3 Å². The Bertz CT molecular complexity index is 5340. The highest BCUT2D eigenvalue weighted by Crippen LogP contribution is 2.45. The first kappa shape index (κ1) is 104. The Morgan fingerprint density at radius 1 is 0.493 bits per heavy atom. The number of carbonyl (C=O) groups excluding carboxylic acids is 12. The van der Waals surface area contributed by atoms with Gasteiger partial charge in [0.15, 0.2) is 46.1 Å². The van der Waals surface area contributed by atoms with Crippen molar-refractivity contribution in [2.24, 2.45) is 11.8 Å². The molecule has 36 nitrogen and oxygen atoms in total. The van der Waals surface area contributed by atoms with E-state index in [1.807, 2.05) is 18.2 Å². The maximum atomic E-state index is 15.1. The maximum absolute atomic E-state index is 15.1. The van der Waals surface area contributed by atoms with Crippen LogP contribution in [0.15, 0.2) is 121 Å². The summed E-state index contributed by atoms with van der Waals surface area (Å²) in [6.07, 6.45) is -0.158. The summed E-state index contributed by atoms with van der Waals surface area (Å²) in [5, 5.41) is 11.4. The molecule has 9 aliphatic rings. The standard InChI is InChI=1S/C94H120N10O26S4/c1-58-39-69-50-103-77-46-83(81(123-8)44-72(77)91(113)101(69)48-58)127-53-65-17-16-18-66(43-65)54-128-84-47-78-73(45-82(84)124-9)92(114)102-49-59(2)40-76(102)62(5)104(78)94(116)130-52-64-25-29-68(30-26-64)96-90(112)75(22-15-11-13-20-71(106)56-126-34-32-122-7)98-88(110)61(4)42-80(108)86-85(99-133(117,118)37-35-131-57-132-36-38-134(119,120)100-86)79(107)41-60(3)87(109)97-74(21-14-10-12-19-70(105)55-125-33-31-121-6)89(111)95-67-27-23-63(24-28-67)51-129-93(103)115/h16-18,23-30,43-47,60-62,69,74-76,85-86,99-100H,1-2,10-15,19-22,31-42,48-57H2,3-9H3,(H,95,111)(H,96,112)(H,97,109)(H,98,110). The van der Waals surface area contributed by atoms with Gasteiger partial charge in [-0.25, -0.2) is 35.9 Å². The topological polar surface area (TPSA) is 451 Å². The zero-order chi connectivity index (χ0) is 96.3. The highest BCUT2D eigenvalue weighted by Gasteiger charge is 2.47. The van der Waals surface area contributed by atoms with Gasteiger partial charge in [-0.2, -0.15) is 0 Å². The van der Waals surface area contributed by atoms with Gasteiger partial charge in [-0.05, 0) is 110 Å². The number of nitrogens with zero attached hydrogens (tertiary/aromatic N) is 4. The predicted octanol–water partition coefficient (Wildman–Crippen LogP) is 9.53. The number of amides is 8. The molecule has 0 saturated carbocycles. The molecule has 40 heteroatoms. The average molecular weight is 1930 g/mol. The van der Waals surface area contributed by atoms with Gasteiger partial charge < -0.3 is 78.4 Å². The number of fused-ring (bicyclic) bond motifs is 2. The van der Waals surface area contributed by atoms with Gasteiger partial charge >= 0.3 is 12.2 Å². The summed E-state index contributed by atoms with van der Waals surface area (Å²) in [5.74, 6) is -9.92. The second kappa shape index (κ2) is 49.6. The highest BCUT2D eigenvalue weighted by molar-refractivity contribution is 8.16. The van der Waals surface area contributed by atoms with Crippen LogP contribution in [0.2, 0.25) is 0 Å². The number of unbranched alkanes of at least 4 members (excludes halogenated alkanes) is 4. The number of hydrogen-bond donors (Lipinski definition) is 6. The molecular formula is C94H120N10O26S4. The van der Waals surface area contributed by atoms with E-state index in [0.717, 1.165) is 11.1 Å². The second-order valence-corrected chi connectivity index (χ2v) is 40.4. The van der Waals surface area contributed by atoms with Crippen molar-refractivity contribution in [3.05, 3.63) is 155 Å². The van der Waals surface area contributed by atoms with Crippen molar-refractivity contribution in [2.45, 2.75) is 179 Å². The molecule has 0 aromatic heterocycles. The van der Waals surface area contributed by atoms with Crippen molar-refractivity contribution >= 4 is 137 Å². The Morgan fingerprint density at radius 2 is 0.940 bits per heavy atom. The molecule has 0 radical (unpaired) electrons. The van der Waals surface area contributed by atoms with Gasteiger partial charge in [0, 0.05) is 105 Å². The molecule has 0 spiro atoms. The van der Waals surface area contributed by atoms with Crippen LogP contribution in [0, 0.1) is 11.8 Å². The number of ketones is 4. The number of nitrogens with one attached hydrogen (secondary N) is 6. The molecule has 3 saturated heterocycles. The van der Waals surface area contributed by atoms with Crippen molar-refractivity contribution in [2.75, 3.05) is 136 Å². The highest BCUT2D eigenvalue weighted by atomic mass is 32.2. The molecule has 5 aromatic rings. The molecule has 8 amide bonds. The fourth-order valence-corrected chi connectivity index (χ4v) is 22.0. The number of sulfonamides is 2. The molecule has 0 aliphatic carbocycles. The molecule has 6 N–H and O–H groups in total. The smallest absolute Gasteiger partial charge is 0.414 e. The third-order valence-corrected chi connectivity index (χ3v) is 29.3. The molecule has 9 atom stereocenters. The Morgan fingerprint density at radius 3 is 1.43 bits per heavy atom. The van der Waals surface area contributed by atoms with Gasteiger partial charge in [0.25, 0.3) is 11.8 Å². The van der Waals surface area contributed by atoms with E-state index < -0.39 is 146 Å². The lowest BCUT2D eigenvalue weighted by Gasteiger charge is -2.33. The number of ether oxygens (including phenoxy) is 10. The summed E-state index contributed by atoms with van der Waals surface area (Å²) >= 11 is 2.38. The van der Waals surface area contributed by atoms with Gasteiger partial charge in [0.1, 0.15) is 63.8 Å². The largest absolute Gasteiger partial charge is 0.493 e. The molecule has 9 unspecified atom stereocenters. The van der Waals surface area contributed by atoms with E-state index in [-0.39, 0.29) is 221 Å². The summed E-state index contributed by atoms with van der Waals surface area (Å²) in [6, 6.07) is 17.1. The van der Waals surface area contributed by atoms with Crippen LogP contribution in [0.3, 0.4) is 0 Å². The number of benzene rings is 5. The first-order valence-electron chi connectivity index (χ1n) is 44.6. The van der Waals surface area contributed by atoms with Gasteiger partial charge in [0.05, 0.1) is 99.3 Å². The summed E-state index contributed by atoms with van der Waals surface area (Å²) in [4.78, 5) is 180. The number of Topliss-reactive ketones (excluding diaryl/α,β-unsaturated/α-hetero) is 4. The van der Waals surface area contributed by atoms with Gasteiger partial charge in [0.2, 0.25) is 43.7 Å². The van der Waals surface area contributed by atoms with E-state index in [1.54, 1.807) is 59.2 Å². The first-order chi connectivity index (χ1) is 64.2. The second-order valence-electron chi connectivity index (χ2n) is 34.0. The summed E-state index contributed by atoms with van der Waals surface area (Å²) in [7, 11) is -3.30. The van der Waals surface area contributed by atoms with Crippen LogP contribution < -0.4 is 59.5 Å². The maximum Gasteiger partial charge on any atom is 0.414 e. The van der Waals surface area contributed by atoms with Crippen molar-refractivity contribution in [3.63, 3.8) is 0 Å². The summed E-state index contributed by atoms with van der Waals surface area (Å²) in [6.45, 7) is 13.3. The fourth-order valence-electron chi connectivity index (χ4n) is 16.4. The first-order valence-corrected chi connectivity index (χ1v) is 50.3. The number of carbonyl (C=O) groups is 12. The van der Waals surface area contributed by atoms with Gasteiger partial charge in [-0.1, -0.05) is 106 Å². The lowest BCUT2D eigenvalue weighted by Crippen LogP contribution is -2.60. The van der Waals surface area contributed by atoms with E-state index in [2.05, 4.69) is 43.9 Å². The molecule has 3 fully saturated rings. The summed E-state index contributed by atoms with van der Waals surface area (Å²) < 4.78 is 119. The van der Waals surface area contributed by atoms with Crippen LogP contribution in [-0.4, -0.2) is 256 Å². The lowest BCUT2D eigenvalue weighted by atomic mass is 9.90. The normalized spacial score (nSPS) is 23.0. The van der Waals surface area contributed by atoms with Gasteiger partial charge in [-0.3, -0.25) is 57.7 Å². The third-order valence-electron chi connectivity index (χ3n) is 23.7. The van der Waals surface area contributed by atoms with E-state index in [0.29, 0.717) is 60.8 Å². The average Bonchev–Trinajstić information content (AvgIpc) is 1.59. The van der Waals surface area contributed by atoms with Crippen LogP contribution in [0.25, 0.3) is 0 Å². The zero-order valence-electron chi connectivity index (χ0n) is 76.5. The van der Waals surface area contributed by atoms with Crippen molar-refractivity contribution < 1.29 is 122 Å². The van der Waals surface area contributed by atoms with E-state index in [1.165, 1.54) is 112 Å². The van der Waals surface area contributed by atoms with E-state index in [4.69, 9.17) is 47.4 Å². The molecule has 9 aliphatic heterocycles. The van der Waals surface area contributed by atoms with E-state index >= 15 is 9.59 Å². The Hall–Kier alpha value is -10.8. The molecule has 134 heavy (non-hydrogen) atoms. The monoisotopic (exact) mass is 1930 g/mol. The number of anilines is 4. The van der Waals surface area contributed by atoms with Crippen molar-refractivity contribution in [3.8, 4) is 23.0 Å². The predicted molar refractivity (Wildman–Crippen MR) is 502 cm³/mol. The Balaban J connectivity index is 0.911. The third kappa shape index (κ3) is 29.1. The molecule has 726 valence electrons. The molecule has 5 aromatic carbocycles. The Kier molecular flexibility index (Phi) is 38.4. The quantitative estimate of drug-likeness (QED) is 0.0247. The molecule has 10 bridgehead atoms. The van der Waals surface area contributed by atoms with Crippen molar-refractivity contribution in [1.29, 1.82) is 0 Å². The summed E-state index contributed by atoms with van der Waals surface area (Å²) in [5.41, 5.74) is 4.88. The molecular weight excluding hydrogens is 1810 g/mol. The van der Waals surface area contributed by atoms with Crippen LogP contribution in [0.5, 0.6) is 23.0 Å². The number of thioether (sulfide) groups is 2. The minimum atomic E-state index is -4.58.